The standard InChI is InChI=1S/C21H19N3O3/c1-26-21-14-27-18(9-20(21)25)13-23-12-16-11-22-10-15-4-5-17(8-19(15)16)24-6-2-3-7-24/h2-10,12,14,23H,11,13H2,1H3. The van der Waals surface area contributed by atoms with Crippen LogP contribution >= 0.6 is 0 Å². The molecule has 0 bridgehead atoms. The molecule has 6 nitrogen and oxygen atoms in total. The van der Waals surface area contributed by atoms with Gasteiger partial charge in [0.05, 0.1) is 20.2 Å². The van der Waals surface area contributed by atoms with E-state index in [1.54, 1.807) is 0 Å². The Bertz CT molecular complexity index is 1060. The molecule has 0 saturated carbocycles. The quantitative estimate of drug-likeness (QED) is 0.758. The molecule has 3 heterocycles. The maximum absolute atomic E-state index is 11.8. The van der Waals surface area contributed by atoms with Gasteiger partial charge in [0, 0.05) is 42.1 Å². The average molecular weight is 361 g/mol. The van der Waals surface area contributed by atoms with E-state index in [0.717, 1.165) is 22.4 Å². The fourth-order valence-electron chi connectivity index (χ4n) is 3.01. The van der Waals surface area contributed by atoms with Crippen LogP contribution in [0.1, 0.15) is 16.9 Å². The highest BCUT2D eigenvalue weighted by atomic mass is 16.5. The summed E-state index contributed by atoms with van der Waals surface area (Å²) in [7, 11) is 1.44. The molecule has 1 aromatic carbocycles. The monoisotopic (exact) mass is 361 g/mol. The van der Waals surface area contributed by atoms with Crippen LogP contribution < -0.4 is 15.5 Å². The summed E-state index contributed by atoms with van der Waals surface area (Å²) in [5.74, 6) is 0.739. The van der Waals surface area contributed by atoms with Crippen molar-refractivity contribution in [1.29, 1.82) is 0 Å². The van der Waals surface area contributed by atoms with Crippen LogP contribution in [0.2, 0.25) is 0 Å². The Kier molecular flexibility index (Phi) is 4.61. The average Bonchev–Trinajstić information content (AvgIpc) is 3.23. The number of methoxy groups -OCH3 is 1. The van der Waals surface area contributed by atoms with Gasteiger partial charge >= 0.3 is 0 Å². The molecule has 0 amide bonds. The van der Waals surface area contributed by atoms with Crippen molar-refractivity contribution in [2.45, 2.75) is 6.54 Å². The van der Waals surface area contributed by atoms with Crippen molar-refractivity contribution in [1.82, 2.24) is 9.88 Å². The van der Waals surface area contributed by atoms with Crippen LogP contribution in [0.3, 0.4) is 0 Å². The number of aliphatic imine (C=N–C) groups is 1. The summed E-state index contributed by atoms with van der Waals surface area (Å²) < 4.78 is 12.4. The van der Waals surface area contributed by atoms with Gasteiger partial charge in [-0.2, -0.15) is 0 Å². The van der Waals surface area contributed by atoms with E-state index >= 15 is 0 Å². The van der Waals surface area contributed by atoms with Crippen LogP contribution in [0.5, 0.6) is 5.75 Å². The van der Waals surface area contributed by atoms with Crippen LogP contribution in [0.15, 0.2) is 75.5 Å². The largest absolute Gasteiger partial charge is 0.490 e. The third kappa shape index (κ3) is 3.55. The molecule has 0 saturated heterocycles. The zero-order chi connectivity index (χ0) is 18.6. The molecule has 0 aliphatic carbocycles. The van der Waals surface area contributed by atoms with Crippen molar-refractivity contribution in [3.05, 3.63) is 88.4 Å². The summed E-state index contributed by atoms with van der Waals surface area (Å²) in [4.78, 5) is 16.2. The van der Waals surface area contributed by atoms with E-state index in [0.29, 0.717) is 18.8 Å². The molecule has 0 fully saturated rings. The molecule has 1 aliphatic rings. The van der Waals surface area contributed by atoms with Crippen molar-refractivity contribution >= 4 is 11.8 Å². The first-order valence-corrected chi connectivity index (χ1v) is 8.60. The lowest BCUT2D eigenvalue weighted by Crippen LogP contribution is -2.12. The minimum absolute atomic E-state index is 0.197. The molecular formula is C21H19N3O3. The normalized spacial score (nSPS) is 14.2. The van der Waals surface area contributed by atoms with Gasteiger partial charge in [-0.25, -0.2) is 0 Å². The van der Waals surface area contributed by atoms with E-state index < -0.39 is 0 Å². The minimum Gasteiger partial charge on any atom is -0.490 e. The Hall–Kier alpha value is -3.54. The molecule has 0 radical (unpaired) electrons. The van der Waals surface area contributed by atoms with E-state index in [-0.39, 0.29) is 11.2 Å². The second kappa shape index (κ2) is 7.37. The van der Waals surface area contributed by atoms with Gasteiger partial charge in [-0.3, -0.25) is 9.79 Å². The Morgan fingerprint density at radius 1 is 1.30 bits per heavy atom. The van der Waals surface area contributed by atoms with Gasteiger partial charge in [0.1, 0.15) is 12.0 Å². The van der Waals surface area contributed by atoms with Crippen LogP contribution in [0.4, 0.5) is 0 Å². The van der Waals surface area contributed by atoms with Crippen LogP contribution in [0.25, 0.3) is 11.3 Å². The van der Waals surface area contributed by atoms with Gasteiger partial charge in [-0.05, 0) is 35.4 Å². The first-order valence-electron chi connectivity index (χ1n) is 8.60. The minimum atomic E-state index is -0.197. The molecule has 6 heteroatoms. The highest BCUT2D eigenvalue weighted by molar-refractivity contribution is 5.92. The topological polar surface area (TPSA) is 68.8 Å². The molecule has 1 aliphatic heterocycles. The smallest absolute Gasteiger partial charge is 0.227 e. The number of hydrogen-bond donors (Lipinski definition) is 1. The lowest BCUT2D eigenvalue weighted by atomic mass is 9.98. The molecule has 1 N–H and O–H groups in total. The number of benzene rings is 1. The van der Waals surface area contributed by atoms with E-state index in [2.05, 4.69) is 33.1 Å². The highest BCUT2D eigenvalue weighted by Gasteiger charge is 2.12. The third-order valence-electron chi connectivity index (χ3n) is 4.40. The molecule has 0 unspecified atom stereocenters. The maximum atomic E-state index is 11.8. The van der Waals surface area contributed by atoms with Crippen LogP contribution in [-0.4, -0.2) is 24.4 Å². The summed E-state index contributed by atoms with van der Waals surface area (Å²) in [6, 6.07) is 11.7. The first-order chi connectivity index (χ1) is 13.2. The SMILES string of the molecule is COc1coc(CNC=C2CN=Cc3ccc(-n4cccc4)cc32)cc1=O. The summed E-state index contributed by atoms with van der Waals surface area (Å²) in [6.07, 6.45) is 9.20. The predicted molar refractivity (Wildman–Crippen MR) is 105 cm³/mol. The number of hydrogen-bond acceptors (Lipinski definition) is 5. The highest BCUT2D eigenvalue weighted by Crippen LogP contribution is 2.25. The Balaban J connectivity index is 1.55. The van der Waals surface area contributed by atoms with Gasteiger partial charge in [-0.1, -0.05) is 6.07 Å². The number of fused-ring (bicyclic) bond motifs is 1. The fraction of sp³-hybridized carbons (Fsp3) is 0.143. The number of ether oxygens (including phenoxy) is 1. The maximum Gasteiger partial charge on any atom is 0.227 e. The van der Waals surface area contributed by atoms with E-state index in [4.69, 9.17) is 9.15 Å². The van der Waals surface area contributed by atoms with Crippen molar-refractivity contribution < 1.29 is 9.15 Å². The number of aromatic nitrogens is 1. The van der Waals surface area contributed by atoms with Gasteiger partial charge in [-0.15, -0.1) is 0 Å². The Morgan fingerprint density at radius 3 is 2.93 bits per heavy atom. The number of nitrogens with zero attached hydrogens (tertiary/aromatic N) is 2. The summed E-state index contributed by atoms with van der Waals surface area (Å²) >= 11 is 0. The third-order valence-corrected chi connectivity index (χ3v) is 4.40. The molecule has 2 aromatic heterocycles. The Labute approximate surface area is 156 Å². The number of nitrogens with one attached hydrogen (secondary N) is 1. The second-order valence-electron chi connectivity index (χ2n) is 6.16. The van der Waals surface area contributed by atoms with Crippen molar-refractivity contribution in [3.63, 3.8) is 0 Å². The van der Waals surface area contributed by atoms with Crippen molar-refractivity contribution in [3.8, 4) is 11.4 Å². The molecular weight excluding hydrogens is 342 g/mol. The first kappa shape index (κ1) is 16.9. The molecule has 27 heavy (non-hydrogen) atoms. The lowest BCUT2D eigenvalue weighted by molar-refractivity contribution is 0.377. The van der Waals surface area contributed by atoms with Gasteiger partial charge in [0.25, 0.3) is 0 Å². The van der Waals surface area contributed by atoms with Gasteiger partial charge < -0.3 is 19.0 Å². The Morgan fingerprint density at radius 2 is 2.15 bits per heavy atom. The second-order valence-corrected chi connectivity index (χ2v) is 6.16. The van der Waals surface area contributed by atoms with Crippen LogP contribution in [0, 0.1) is 0 Å². The molecule has 0 atom stereocenters. The number of rotatable bonds is 5. The van der Waals surface area contributed by atoms with Crippen molar-refractivity contribution in [2.24, 2.45) is 4.99 Å². The van der Waals surface area contributed by atoms with Crippen LogP contribution in [-0.2, 0) is 6.54 Å². The van der Waals surface area contributed by atoms with E-state index in [9.17, 15) is 4.79 Å². The molecule has 136 valence electrons. The lowest BCUT2D eigenvalue weighted by Gasteiger charge is -2.16. The predicted octanol–water partition coefficient (Wildman–Crippen LogP) is 3.00. The van der Waals surface area contributed by atoms with Crippen molar-refractivity contribution in [2.75, 3.05) is 13.7 Å². The van der Waals surface area contributed by atoms with Gasteiger partial charge in [0.15, 0.2) is 0 Å². The summed E-state index contributed by atoms with van der Waals surface area (Å²) in [5.41, 5.74) is 4.21. The summed E-state index contributed by atoms with van der Waals surface area (Å²) in [6.45, 7) is 1.00. The molecule has 0 spiro atoms. The van der Waals surface area contributed by atoms with E-state index in [1.807, 2.05) is 36.9 Å². The van der Waals surface area contributed by atoms with E-state index in [1.165, 1.54) is 19.4 Å². The zero-order valence-electron chi connectivity index (χ0n) is 14.9. The summed E-state index contributed by atoms with van der Waals surface area (Å²) in [5, 5.41) is 3.22. The molecule has 4 rings (SSSR count). The van der Waals surface area contributed by atoms with Gasteiger partial charge in [0.2, 0.25) is 11.2 Å². The zero-order valence-corrected chi connectivity index (χ0v) is 14.9. The fourth-order valence-corrected chi connectivity index (χ4v) is 3.01. The molecule has 3 aromatic rings.